The summed E-state index contributed by atoms with van der Waals surface area (Å²) in [7, 11) is 0. The van der Waals surface area contributed by atoms with Gasteiger partial charge in [-0.15, -0.1) is 11.3 Å². The molecule has 0 aliphatic heterocycles. The van der Waals surface area contributed by atoms with Crippen LogP contribution in [-0.2, 0) is 5.41 Å². The fraction of sp³-hybridized carbons (Fsp3) is 0.0164. The summed E-state index contributed by atoms with van der Waals surface area (Å²) < 4.78 is 2.60. The van der Waals surface area contributed by atoms with E-state index in [2.05, 4.69) is 229 Å². The number of hydrogen-bond donors (Lipinski definition) is 0. The molecule has 0 unspecified atom stereocenters. The summed E-state index contributed by atoms with van der Waals surface area (Å²) in [6, 6.07) is 84.3. The summed E-state index contributed by atoms with van der Waals surface area (Å²) in [6.45, 7) is 0. The molecule has 1 aromatic heterocycles. The van der Waals surface area contributed by atoms with Crippen LogP contribution in [0.25, 0.3) is 86.9 Å². The molecule has 2 heteroatoms. The molecule has 0 fully saturated rings. The third-order valence-corrected chi connectivity index (χ3v) is 15.2. The van der Waals surface area contributed by atoms with Gasteiger partial charge in [-0.1, -0.05) is 182 Å². The summed E-state index contributed by atoms with van der Waals surface area (Å²) >= 11 is 1.87. The van der Waals surface area contributed by atoms with E-state index in [-0.39, 0.29) is 0 Å². The fourth-order valence-electron chi connectivity index (χ4n) is 11.6. The zero-order valence-electron chi connectivity index (χ0n) is 34.2. The van der Waals surface area contributed by atoms with Gasteiger partial charge in [-0.2, -0.15) is 0 Å². The van der Waals surface area contributed by atoms with Gasteiger partial charge in [0.1, 0.15) is 0 Å². The van der Waals surface area contributed by atoms with Gasteiger partial charge in [0.05, 0.1) is 11.1 Å². The predicted octanol–water partition coefficient (Wildman–Crippen LogP) is 16.8. The molecule has 0 atom stereocenters. The first-order chi connectivity index (χ1) is 31.3. The number of thiophene rings is 1. The molecule has 1 heterocycles. The van der Waals surface area contributed by atoms with E-state index in [4.69, 9.17) is 0 Å². The molecule has 0 N–H and O–H groups in total. The molecule has 0 radical (unpaired) electrons. The van der Waals surface area contributed by atoms with Gasteiger partial charge in [-0.05, 0) is 126 Å². The van der Waals surface area contributed by atoms with Crippen LogP contribution in [0.2, 0.25) is 0 Å². The Kier molecular flexibility index (Phi) is 7.26. The molecule has 3 aliphatic carbocycles. The van der Waals surface area contributed by atoms with Crippen LogP contribution in [0.15, 0.2) is 224 Å². The number of benzene rings is 10. The Bertz CT molecular complexity index is 3670. The Balaban J connectivity index is 1.08. The minimum Gasteiger partial charge on any atom is -0.310 e. The van der Waals surface area contributed by atoms with Gasteiger partial charge in [0.15, 0.2) is 0 Å². The van der Waals surface area contributed by atoms with Crippen LogP contribution in [0.5, 0.6) is 0 Å². The van der Waals surface area contributed by atoms with Gasteiger partial charge in [-0.3, -0.25) is 0 Å². The lowest BCUT2D eigenvalue weighted by Crippen LogP contribution is -2.26. The van der Waals surface area contributed by atoms with Crippen molar-refractivity contribution < 1.29 is 0 Å². The summed E-state index contributed by atoms with van der Waals surface area (Å²) in [5.74, 6) is 0. The van der Waals surface area contributed by atoms with Gasteiger partial charge in [0, 0.05) is 37.1 Å². The highest BCUT2D eigenvalue weighted by atomic mass is 32.1. The number of rotatable bonds is 3. The third kappa shape index (κ3) is 4.71. The minimum atomic E-state index is -0.448. The van der Waals surface area contributed by atoms with Crippen molar-refractivity contribution in [3.63, 3.8) is 0 Å². The molecule has 14 rings (SSSR count). The SMILES string of the molecule is c1ccc2c(c1)-c1ccccc1-c1ccc(N(c3ccc4sc5ccccc5c4c3)c3cccc4c3-c3ccccc3C43c4ccccc4-c4ccccc43)cc1-c1ccccc1-2. The molecular formula is C61H37NS. The smallest absolute Gasteiger partial charge is 0.0726 e. The maximum absolute atomic E-state index is 2.55. The van der Waals surface area contributed by atoms with E-state index in [1.54, 1.807) is 0 Å². The lowest BCUT2D eigenvalue weighted by molar-refractivity contribution is 0.794. The molecule has 0 saturated carbocycles. The van der Waals surface area contributed by atoms with Crippen molar-refractivity contribution in [2.24, 2.45) is 0 Å². The monoisotopic (exact) mass is 815 g/mol. The Labute approximate surface area is 370 Å². The van der Waals surface area contributed by atoms with Crippen LogP contribution in [0.1, 0.15) is 22.3 Å². The Hall–Kier alpha value is -7.78. The lowest BCUT2D eigenvalue weighted by Gasteiger charge is -2.32. The average Bonchev–Trinajstić information content (AvgIpc) is 3.98. The molecule has 11 aromatic rings. The van der Waals surface area contributed by atoms with E-state index in [0.717, 1.165) is 11.4 Å². The predicted molar refractivity (Wildman–Crippen MR) is 266 cm³/mol. The van der Waals surface area contributed by atoms with Crippen molar-refractivity contribution in [1.29, 1.82) is 0 Å². The van der Waals surface area contributed by atoms with Gasteiger partial charge in [-0.25, -0.2) is 0 Å². The standard InChI is InChI=1S/C61H37NS/c1-2-17-41-40(16-1)42-18-3-4-20-44(42)46-34-32-38(36-51(46)45-21-6-5-19-43(41)45)62(39-33-35-59-52(37-39)49-24-10-14-31-58(49)63-59)57-30-15-29-56-60(57)50-25-9-13-28-55(50)61(56)53-26-11-7-22-47(53)48-23-8-12-27-54(48)61/h1-37H. The minimum absolute atomic E-state index is 0.448. The van der Waals surface area contributed by atoms with Crippen LogP contribution < -0.4 is 4.90 Å². The molecule has 0 bridgehead atoms. The number of anilines is 3. The van der Waals surface area contributed by atoms with E-state index in [9.17, 15) is 0 Å². The summed E-state index contributed by atoms with van der Waals surface area (Å²) in [6.07, 6.45) is 0. The van der Waals surface area contributed by atoms with E-state index in [1.165, 1.54) is 115 Å². The molecule has 3 aliphatic rings. The molecule has 1 nitrogen and oxygen atoms in total. The van der Waals surface area contributed by atoms with E-state index in [1.807, 2.05) is 11.3 Å². The molecule has 0 saturated heterocycles. The lowest BCUT2D eigenvalue weighted by atomic mass is 9.70. The second-order valence-electron chi connectivity index (χ2n) is 17.1. The molecule has 1 spiro atoms. The zero-order valence-corrected chi connectivity index (χ0v) is 35.0. The fourth-order valence-corrected chi connectivity index (χ4v) is 12.7. The molecule has 63 heavy (non-hydrogen) atoms. The highest BCUT2D eigenvalue weighted by molar-refractivity contribution is 7.25. The van der Waals surface area contributed by atoms with Crippen molar-refractivity contribution in [2.45, 2.75) is 5.41 Å². The Morgan fingerprint density at radius 3 is 1.33 bits per heavy atom. The molecule has 0 amide bonds. The second kappa shape index (κ2) is 13.1. The highest BCUT2D eigenvalue weighted by Gasteiger charge is 2.52. The van der Waals surface area contributed by atoms with Crippen molar-refractivity contribution in [2.75, 3.05) is 4.90 Å². The van der Waals surface area contributed by atoms with Crippen LogP contribution >= 0.6 is 11.3 Å². The topological polar surface area (TPSA) is 3.24 Å². The summed E-state index contributed by atoms with van der Waals surface area (Å²) in [5, 5.41) is 2.58. The van der Waals surface area contributed by atoms with E-state index < -0.39 is 5.41 Å². The van der Waals surface area contributed by atoms with Gasteiger partial charge in [0.2, 0.25) is 0 Å². The molecular weight excluding hydrogens is 779 g/mol. The van der Waals surface area contributed by atoms with Gasteiger partial charge >= 0.3 is 0 Å². The molecule has 292 valence electrons. The third-order valence-electron chi connectivity index (χ3n) is 14.1. The highest BCUT2D eigenvalue weighted by Crippen LogP contribution is 2.65. The van der Waals surface area contributed by atoms with Crippen LogP contribution in [-0.4, -0.2) is 0 Å². The normalized spacial score (nSPS) is 13.2. The van der Waals surface area contributed by atoms with Crippen molar-refractivity contribution in [3.8, 4) is 66.8 Å². The Morgan fingerprint density at radius 1 is 0.286 bits per heavy atom. The summed E-state index contributed by atoms with van der Waals surface area (Å²) in [5.41, 5.74) is 23.5. The van der Waals surface area contributed by atoms with Gasteiger partial charge in [0.25, 0.3) is 0 Å². The number of nitrogens with zero attached hydrogens (tertiary/aromatic N) is 1. The van der Waals surface area contributed by atoms with E-state index >= 15 is 0 Å². The maximum atomic E-state index is 2.55. The zero-order chi connectivity index (χ0) is 41.2. The van der Waals surface area contributed by atoms with Gasteiger partial charge < -0.3 is 4.90 Å². The molecule has 10 aromatic carbocycles. The van der Waals surface area contributed by atoms with Crippen LogP contribution in [0.3, 0.4) is 0 Å². The van der Waals surface area contributed by atoms with Crippen LogP contribution in [0, 0.1) is 0 Å². The number of hydrogen-bond acceptors (Lipinski definition) is 2. The first kappa shape index (κ1) is 34.9. The maximum Gasteiger partial charge on any atom is 0.0726 e. The Morgan fingerprint density at radius 2 is 0.714 bits per heavy atom. The largest absolute Gasteiger partial charge is 0.310 e. The van der Waals surface area contributed by atoms with Crippen molar-refractivity contribution in [1.82, 2.24) is 0 Å². The van der Waals surface area contributed by atoms with E-state index in [0.29, 0.717) is 0 Å². The van der Waals surface area contributed by atoms with Crippen LogP contribution in [0.4, 0.5) is 17.1 Å². The van der Waals surface area contributed by atoms with Crippen molar-refractivity contribution in [3.05, 3.63) is 247 Å². The summed E-state index contributed by atoms with van der Waals surface area (Å²) in [4.78, 5) is 2.55. The quantitative estimate of drug-likeness (QED) is 0.172. The first-order valence-corrected chi connectivity index (χ1v) is 22.7. The second-order valence-corrected chi connectivity index (χ2v) is 18.2. The average molecular weight is 816 g/mol. The number of fused-ring (bicyclic) bond motifs is 21. The first-order valence-electron chi connectivity index (χ1n) is 21.8. The van der Waals surface area contributed by atoms with Crippen molar-refractivity contribution >= 4 is 48.6 Å².